The van der Waals surface area contributed by atoms with Gasteiger partial charge in [-0.05, 0) is 5.56 Å². The van der Waals surface area contributed by atoms with Gasteiger partial charge in [-0.3, -0.25) is 9.63 Å². The van der Waals surface area contributed by atoms with Crippen molar-refractivity contribution in [1.82, 2.24) is 5.06 Å². The molecule has 0 aliphatic carbocycles. The number of carbonyl (C=O) groups is 1. The first-order valence-electron chi connectivity index (χ1n) is 5.97. The van der Waals surface area contributed by atoms with Crippen LogP contribution in [0.1, 0.15) is 32.8 Å². The normalized spacial score (nSPS) is 23.5. The molecule has 2 atom stereocenters. The maximum absolute atomic E-state index is 11.8. The number of hydroxylamine groups is 2. The van der Waals surface area contributed by atoms with E-state index in [4.69, 9.17) is 4.84 Å². The van der Waals surface area contributed by atoms with Crippen LogP contribution in [-0.2, 0) is 16.2 Å². The van der Waals surface area contributed by atoms with Gasteiger partial charge in [0.15, 0.2) is 6.23 Å². The molecule has 3 nitrogen and oxygen atoms in total. The highest BCUT2D eigenvalue weighted by atomic mass is 16.8. The van der Waals surface area contributed by atoms with Gasteiger partial charge in [-0.1, -0.05) is 51.1 Å². The van der Waals surface area contributed by atoms with E-state index in [-0.39, 0.29) is 17.4 Å². The zero-order valence-corrected chi connectivity index (χ0v) is 10.6. The monoisotopic (exact) mass is 233 g/mol. The van der Waals surface area contributed by atoms with Crippen LogP contribution < -0.4 is 0 Å². The van der Waals surface area contributed by atoms with Gasteiger partial charge in [-0.15, -0.1) is 0 Å². The molecule has 1 saturated heterocycles. The summed E-state index contributed by atoms with van der Waals surface area (Å²) in [5, 5.41) is 1.86. The zero-order valence-electron chi connectivity index (χ0n) is 10.6. The van der Waals surface area contributed by atoms with Crippen molar-refractivity contribution in [2.45, 2.75) is 40.0 Å². The van der Waals surface area contributed by atoms with Crippen LogP contribution in [0.25, 0.3) is 0 Å². The van der Waals surface area contributed by atoms with E-state index in [0.717, 1.165) is 6.54 Å². The second-order valence-corrected chi connectivity index (χ2v) is 5.50. The van der Waals surface area contributed by atoms with Gasteiger partial charge in [0.25, 0.3) is 0 Å². The second-order valence-electron chi connectivity index (χ2n) is 5.50. The summed E-state index contributed by atoms with van der Waals surface area (Å²) in [6.07, 6.45) is 0.456. The molecule has 0 bridgehead atoms. The maximum Gasteiger partial charge on any atom is 0.161 e. The van der Waals surface area contributed by atoms with E-state index >= 15 is 0 Å². The number of hydrogen-bond acceptors (Lipinski definition) is 3. The molecule has 1 aliphatic heterocycles. The highest BCUT2D eigenvalue weighted by Crippen LogP contribution is 2.29. The number of hydrogen-bond donors (Lipinski definition) is 0. The number of carbonyl (C=O) groups excluding carboxylic acids is 1. The van der Waals surface area contributed by atoms with Gasteiger partial charge in [0.2, 0.25) is 0 Å². The summed E-state index contributed by atoms with van der Waals surface area (Å²) in [7, 11) is 0. The lowest BCUT2D eigenvalue weighted by Crippen LogP contribution is -2.22. The summed E-state index contributed by atoms with van der Waals surface area (Å²) in [5.74, 6) is 0.248. The zero-order chi connectivity index (χ0) is 12.5. The summed E-state index contributed by atoms with van der Waals surface area (Å²) >= 11 is 0. The molecule has 0 N–H and O–H groups in total. The smallest absolute Gasteiger partial charge is 0.161 e. The number of nitrogens with zero attached hydrogens (tertiary/aromatic N) is 1. The molecular formula is C14H19NO2. The Labute approximate surface area is 102 Å². The maximum atomic E-state index is 11.8. The molecule has 1 heterocycles. The number of ketones is 1. The SMILES string of the molecule is CC(C)(C)C(=O)CC1ON1Cc1ccccc1. The third kappa shape index (κ3) is 3.38. The Morgan fingerprint density at radius 3 is 2.53 bits per heavy atom. The topological polar surface area (TPSA) is 32.6 Å². The van der Waals surface area contributed by atoms with Crippen LogP contribution in [0, 0.1) is 5.41 Å². The lowest BCUT2D eigenvalue weighted by Gasteiger charge is -2.15. The fraction of sp³-hybridized carbons (Fsp3) is 0.500. The minimum Gasteiger partial charge on any atom is -0.299 e. The Kier molecular flexibility index (Phi) is 3.31. The molecule has 0 radical (unpaired) electrons. The van der Waals surface area contributed by atoms with E-state index in [1.807, 2.05) is 44.0 Å². The van der Waals surface area contributed by atoms with Crippen molar-refractivity contribution in [1.29, 1.82) is 0 Å². The molecule has 3 heteroatoms. The number of Topliss-reactive ketones (excluding diaryl/α,β-unsaturated/α-hetero) is 1. The van der Waals surface area contributed by atoms with Gasteiger partial charge in [0, 0.05) is 5.41 Å². The minimum absolute atomic E-state index is 0.0260. The Morgan fingerprint density at radius 1 is 1.29 bits per heavy atom. The van der Waals surface area contributed by atoms with Gasteiger partial charge in [0.1, 0.15) is 5.78 Å². The first kappa shape index (κ1) is 12.3. The van der Waals surface area contributed by atoms with Crippen molar-refractivity contribution in [2.75, 3.05) is 0 Å². The van der Waals surface area contributed by atoms with Crippen LogP contribution in [-0.4, -0.2) is 17.1 Å². The first-order valence-corrected chi connectivity index (χ1v) is 5.97. The molecule has 17 heavy (non-hydrogen) atoms. The van der Waals surface area contributed by atoms with Crippen molar-refractivity contribution in [3.05, 3.63) is 35.9 Å². The van der Waals surface area contributed by atoms with E-state index in [0.29, 0.717) is 6.42 Å². The van der Waals surface area contributed by atoms with E-state index in [1.54, 1.807) is 0 Å². The molecule has 0 amide bonds. The lowest BCUT2D eigenvalue weighted by atomic mass is 9.89. The fourth-order valence-electron chi connectivity index (χ4n) is 1.64. The molecule has 1 aromatic rings. The van der Waals surface area contributed by atoms with Crippen molar-refractivity contribution in [3.8, 4) is 0 Å². The Morgan fingerprint density at radius 2 is 1.94 bits per heavy atom. The van der Waals surface area contributed by atoms with Gasteiger partial charge in [-0.25, -0.2) is 0 Å². The average molecular weight is 233 g/mol. The summed E-state index contributed by atoms with van der Waals surface area (Å²) < 4.78 is 0. The molecule has 1 aliphatic rings. The third-order valence-corrected chi connectivity index (χ3v) is 2.91. The quantitative estimate of drug-likeness (QED) is 0.750. The van der Waals surface area contributed by atoms with Crippen LogP contribution in [0.5, 0.6) is 0 Å². The van der Waals surface area contributed by atoms with Gasteiger partial charge >= 0.3 is 0 Å². The fourth-order valence-corrected chi connectivity index (χ4v) is 1.64. The van der Waals surface area contributed by atoms with E-state index < -0.39 is 0 Å². The molecular weight excluding hydrogens is 214 g/mol. The van der Waals surface area contributed by atoms with Crippen molar-refractivity contribution in [2.24, 2.45) is 5.41 Å². The average Bonchev–Trinajstić information content (AvgIpc) is 2.96. The van der Waals surface area contributed by atoms with Crippen molar-refractivity contribution < 1.29 is 9.63 Å². The highest BCUT2D eigenvalue weighted by molar-refractivity contribution is 5.84. The highest BCUT2D eigenvalue weighted by Gasteiger charge is 2.40. The third-order valence-electron chi connectivity index (χ3n) is 2.91. The van der Waals surface area contributed by atoms with Crippen LogP contribution >= 0.6 is 0 Å². The van der Waals surface area contributed by atoms with E-state index in [1.165, 1.54) is 5.56 Å². The van der Waals surface area contributed by atoms with Crippen LogP contribution in [0.3, 0.4) is 0 Å². The summed E-state index contributed by atoms with van der Waals surface area (Å²) in [4.78, 5) is 17.2. The summed E-state index contributed by atoms with van der Waals surface area (Å²) in [5.41, 5.74) is 0.933. The molecule has 2 rings (SSSR count). The molecule has 92 valence electrons. The molecule has 0 saturated carbocycles. The van der Waals surface area contributed by atoms with Crippen molar-refractivity contribution in [3.63, 3.8) is 0 Å². The van der Waals surface area contributed by atoms with E-state index in [9.17, 15) is 4.79 Å². The Balaban J connectivity index is 1.80. The van der Waals surface area contributed by atoms with E-state index in [2.05, 4.69) is 12.1 Å². The number of benzene rings is 1. The Bertz CT molecular complexity index is 394. The molecule has 0 spiro atoms. The summed E-state index contributed by atoms with van der Waals surface area (Å²) in [6.45, 7) is 6.58. The van der Waals surface area contributed by atoms with Crippen LogP contribution in [0.2, 0.25) is 0 Å². The minimum atomic E-state index is -0.273. The first-order chi connectivity index (χ1) is 7.97. The van der Waals surface area contributed by atoms with Gasteiger partial charge in [-0.2, -0.15) is 5.06 Å². The largest absolute Gasteiger partial charge is 0.299 e. The van der Waals surface area contributed by atoms with Crippen LogP contribution in [0.15, 0.2) is 30.3 Å². The number of rotatable bonds is 4. The van der Waals surface area contributed by atoms with Crippen LogP contribution in [0.4, 0.5) is 0 Å². The Hall–Kier alpha value is -1.19. The molecule has 0 aromatic heterocycles. The van der Waals surface area contributed by atoms with Crippen molar-refractivity contribution >= 4 is 5.78 Å². The predicted molar refractivity (Wildman–Crippen MR) is 65.9 cm³/mol. The van der Waals surface area contributed by atoms with Gasteiger partial charge < -0.3 is 0 Å². The molecule has 1 fully saturated rings. The second kappa shape index (κ2) is 4.59. The predicted octanol–water partition coefficient (Wildman–Crippen LogP) is 2.77. The standard InChI is InChI=1S/C14H19NO2/c1-14(2,3)12(16)9-13-15(17-13)10-11-7-5-4-6-8-11/h4-8,13H,9-10H2,1-3H3. The van der Waals surface area contributed by atoms with Gasteiger partial charge in [0.05, 0.1) is 13.0 Å². The molecule has 1 aromatic carbocycles. The lowest BCUT2D eigenvalue weighted by molar-refractivity contribution is -0.126. The summed E-state index contributed by atoms with van der Waals surface area (Å²) in [6, 6.07) is 10.1. The molecule has 2 unspecified atom stereocenters.